The van der Waals surface area contributed by atoms with Crippen molar-refractivity contribution in [2.24, 2.45) is 4.99 Å². The van der Waals surface area contributed by atoms with Crippen LogP contribution in [0, 0.1) is 5.82 Å². The molecule has 0 fully saturated rings. The summed E-state index contributed by atoms with van der Waals surface area (Å²) in [7, 11) is 0. The van der Waals surface area contributed by atoms with Crippen LogP contribution < -0.4 is 10.6 Å². The first-order valence-electron chi connectivity index (χ1n) is 8.64. The molecule has 0 saturated heterocycles. The number of nitrogens with one attached hydrogen (secondary N) is 2. The van der Waals surface area contributed by atoms with Crippen molar-refractivity contribution in [3.8, 4) is 0 Å². The number of rotatable bonds is 10. The van der Waals surface area contributed by atoms with Crippen molar-refractivity contribution in [1.82, 2.24) is 10.6 Å². The lowest BCUT2D eigenvalue weighted by Gasteiger charge is -2.11. The standard InChI is InChI=1S/C19H26FN3O2.HI/c1-2-21-19(23-11-9-16-6-3-7-17(20)14-16)22-10-5-12-24-15-18-8-4-13-25-18;/h3-4,6-8,13-14H,2,5,9-12,15H2,1H3,(H2,21,22,23);1H. The van der Waals surface area contributed by atoms with E-state index in [-0.39, 0.29) is 29.8 Å². The number of nitrogens with zero attached hydrogens (tertiary/aromatic N) is 1. The van der Waals surface area contributed by atoms with Gasteiger partial charge in [0.1, 0.15) is 18.2 Å². The summed E-state index contributed by atoms with van der Waals surface area (Å²) in [5.74, 6) is 1.40. The smallest absolute Gasteiger partial charge is 0.191 e. The van der Waals surface area contributed by atoms with E-state index >= 15 is 0 Å². The molecule has 26 heavy (non-hydrogen) atoms. The van der Waals surface area contributed by atoms with E-state index in [2.05, 4.69) is 15.6 Å². The lowest BCUT2D eigenvalue weighted by atomic mass is 10.1. The number of hydrogen-bond acceptors (Lipinski definition) is 3. The monoisotopic (exact) mass is 475 g/mol. The molecular weight excluding hydrogens is 448 g/mol. The maximum absolute atomic E-state index is 13.2. The van der Waals surface area contributed by atoms with E-state index in [1.54, 1.807) is 18.4 Å². The molecule has 0 amide bonds. The number of furan rings is 1. The Morgan fingerprint density at radius 2 is 2.12 bits per heavy atom. The van der Waals surface area contributed by atoms with Gasteiger partial charge in [0.2, 0.25) is 0 Å². The average molecular weight is 475 g/mol. The summed E-state index contributed by atoms with van der Waals surface area (Å²) in [5.41, 5.74) is 0.967. The summed E-state index contributed by atoms with van der Waals surface area (Å²) < 4.78 is 23.9. The molecule has 0 unspecified atom stereocenters. The Morgan fingerprint density at radius 3 is 2.85 bits per heavy atom. The molecule has 5 nitrogen and oxygen atoms in total. The van der Waals surface area contributed by atoms with Gasteiger partial charge in [-0.3, -0.25) is 4.99 Å². The third-order valence-electron chi connectivity index (χ3n) is 3.48. The van der Waals surface area contributed by atoms with Crippen LogP contribution in [0.1, 0.15) is 24.7 Å². The number of aliphatic imine (C=N–C) groups is 1. The molecule has 0 aliphatic heterocycles. The maximum atomic E-state index is 13.2. The maximum Gasteiger partial charge on any atom is 0.191 e. The first-order chi connectivity index (χ1) is 12.3. The number of benzene rings is 1. The van der Waals surface area contributed by atoms with Crippen LogP contribution >= 0.6 is 24.0 Å². The minimum atomic E-state index is -0.201. The van der Waals surface area contributed by atoms with Gasteiger partial charge >= 0.3 is 0 Å². The SMILES string of the molecule is CCNC(=NCCCOCc1ccco1)NCCc1cccc(F)c1.I. The van der Waals surface area contributed by atoms with Crippen molar-refractivity contribution in [2.75, 3.05) is 26.2 Å². The van der Waals surface area contributed by atoms with Crippen LogP contribution in [-0.4, -0.2) is 32.2 Å². The Kier molecular flexibility index (Phi) is 11.7. The predicted molar refractivity (Wildman–Crippen MR) is 112 cm³/mol. The first-order valence-corrected chi connectivity index (χ1v) is 8.64. The molecule has 0 saturated carbocycles. The van der Waals surface area contributed by atoms with E-state index in [1.807, 2.05) is 25.1 Å². The molecule has 1 aromatic carbocycles. The molecule has 2 rings (SSSR count). The largest absolute Gasteiger partial charge is 0.467 e. The number of guanidine groups is 1. The van der Waals surface area contributed by atoms with Crippen LogP contribution in [0.2, 0.25) is 0 Å². The lowest BCUT2D eigenvalue weighted by Crippen LogP contribution is -2.38. The quantitative estimate of drug-likeness (QED) is 0.238. The molecule has 0 spiro atoms. The molecule has 0 aliphatic rings. The predicted octanol–water partition coefficient (Wildman–Crippen LogP) is 3.74. The van der Waals surface area contributed by atoms with E-state index in [4.69, 9.17) is 9.15 Å². The van der Waals surface area contributed by atoms with Gasteiger partial charge in [0.15, 0.2) is 5.96 Å². The van der Waals surface area contributed by atoms with E-state index in [0.717, 1.165) is 36.7 Å². The highest BCUT2D eigenvalue weighted by molar-refractivity contribution is 14.0. The fraction of sp³-hybridized carbons (Fsp3) is 0.421. The highest BCUT2D eigenvalue weighted by Gasteiger charge is 1.99. The zero-order valence-electron chi connectivity index (χ0n) is 15.0. The van der Waals surface area contributed by atoms with E-state index in [1.165, 1.54) is 6.07 Å². The van der Waals surface area contributed by atoms with Crippen LogP contribution in [0.5, 0.6) is 0 Å². The van der Waals surface area contributed by atoms with Crippen LogP contribution in [0.4, 0.5) is 4.39 Å². The van der Waals surface area contributed by atoms with Crippen molar-refractivity contribution >= 4 is 29.9 Å². The highest BCUT2D eigenvalue weighted by atomic mass is 127. The summed E-state index contributed by atoms with van der Waals surface area (Å²) in [6, 6.07) is 10.4. The van der Waals surface area contributed by atoms with Gasteiger partial charge in [0, 0.05) is 26.2 Å². The van der Waals surface area contributed by atoms with Gasteiger partial charge in [-0.25, -0.2) is 4.39 Å². The topological polar surface area (TPSA) is 58.8 Å². The second-order valence-electron chi connectivity index (χ2n) is 5.55. The van der Waals surface area contributed by atoms with Gasteiger partial charge in [-0.1, -0.05) is 12.1 Å². The molecule has 7 heteroatoms. The summed E-state index contributed by atoms with van der Waals surface area (Å²) in [4.78, 5) is 4.51. The van der Waals surface area contributed by atoms with Crippen molar-refractivity contribution in [3.05, 3.63) is 59.8 Å². The van der Waals surface area contributed by atoms with Gasteiger partial charge in [-0.05, 0) is 49.6 Å². The Balaban J connectivity index is 0.00000338. The molecule has 1 heterocycles. The van der Waals surface area contributed by atoms with Gasteiger partial charge in [-0.2, -0.15) is 0 Å². The lowest BCUT2D eigenvalue weighted by molar-refractivity contribution is 0.105. The second-order valence-corrected chi connectivity index (χ2v) is 5.55. The average Bonchev–Trinajstić information content (AvgIpc) is 3.11. The minimum absolute atomic E-state index is 0. The molecule has 0 radical (unpaired) electrons. The van der Waals surface area contributed by atoms with Gasteiger partial charge < -0.3 is 19.8 Å². The second kappa shape index (κ2) is 13.6. The van der Waals surface area contributed by atoms with Crippen molar-refractivity contribution in [3.63, 3.8) is 0 Å². The van der Waals surface area contributed by atoms with Crippen LogP contribution in [0.25, 0.3) is 0 Å². The summed E-state index contributed by atoms with van der Waals surface area (Å²) in [5, 5.41) is 6.47. The Bertz CT molecular complexity index is 635. The molecule has 0 atom stereocenters. The highest BCUT2D eigenvalue weighted by Crippen LogP contribution is 2.03. The van der Waals surface area contributed by atoms with Crippen molar-refractivity contribution in [2.45, 2.75) is 26.4 Å². The molecule has 144 valence electrons. The van der Waals surface area contributed by atoms with Gasteiger partial charge in [0.05, 0.1) is 6.26 Å². The number of hydrogen-bond donors (Lipinski definition) is 2. The van der Waals surface area contributed by atoms with Crippen LogP contribution in [0.3, 0.4) is 0 Å². The van der Waals surface area contributed by atoms with Crippen molar-refractivity contribution in [1.29, 1.82) is 0 Å². The Hall–Kier alpha value is -1.61. The molecular formula is C19H27FIN3O2. The summed E-state index contributed by atoms with van der Waals surface area (Å²) in [6.45, 7) is 5.31. The summed E-state index contributed by atoms with van der Waals surface area (Å²) >= 11 is 0. The van der Waals surface area contributed by atoms with Crippen molar-refractivity contribution < 1.29 is 13.5 Å². The molecule has 2 N–H and O–H groups in total. The Morgan fingerprint density at radius 1 is 1.23 bits per heavy atom. The number of halogens is 2. The molecule has 2 aromatic rings. The molecule has 1 aromatic heterocycles. The van der Waals surface area contributed by atoms with E-state index < -0.39 is 0 Å². The van der Waals surface area contributed by atoms with Gasteiger partial charge in [-0.15, -0.1) is 24.0 Å². The van der Waals surface area contributed by atoms with Gasteiger partial charge in [0.25, 0.3) is 0 Å². The van der Waals surface area contributed by atoms with Crippen LogP contribution in [-0.2, 0) is 17.8 Å². The Labute approximate surface area is 171 Å². The first kappa shape index (κ1) is 22.4. The fourth-order valence-electron chi connectivity index (χ4n) is 2.28. The summed E-state index contributed by atoms with van der Waals surface area (Å²) in [6.07, 6.45) is 3.22. The van der Waals surface area contributed by atoms with E-state index in [9.17, 15) is 4.39 Å². The fourth-order valence-corrected chi connectivity index (χ4v) is 2.28. The molecule has 0 aliphatic carbocycles. The normalized spacial score (nSPS) is 11.1. The van der Waals surface area contributed by atoms with Crippen LogP contribution in [0.15, 0.2) is 52.1 Å². The third kappa shape index (κ3) is 9.19. The third-order valence-corrected chi connectivity index (χ3v) is 3.48. The molecule has 0 bridgehead atoms. The minimum Gasteiger partial charge on any atom is -0.467 e. The number of ether oxygens (including phenoxy) is 1. The zero-order valence-corrected chi connectivity index (χ0v) is 17.4. The van der Waals surface area contributed by atoms with E-state index in [0.29, 0.717) is 26.3 Å². The zero-order chi connectivity index (χ0) is 17.7.